The molecular formula is C14H16ClN3. The van der Waals surface area contributed by atoms with Gasteiger partial charge < -0.3 is 0 Å². The Balaban J connectivity index is 2.23. The lowest BCUT2D eigenvalue weighted by Crippen LogP contribution is -2.30. The minimum atomic E-state index is 0.0615. The van der Waals surface area contributed by atoms with Crippen molar-refractivity contribution in [2.24, 2.45) is 5.84 Å². The smallest absolute Gasteiger partial charge is 0.0503 e. The Bertz CT molecular complexity index is 514. The lowest BCUT2D eigenvalue weighted by molar-refractivity contribution is 0.548. The molecule has 0 fully saturated rings. The van der Waals surface area contributed by atoms with Crippen molar-refractivity contribution in [2.45, 2.75) is 19.4 Å². The lowest BCUT2D eigenvalue weighted by Gasteiger charge is -2.18. The first-order valence-electron chi connectivity index (χ1n) is 5.82. The molecule has 94 valence electrons. The summed E-state index contributed by atoms with van der Waals surface area (Å²) >= 11 is 5.96. The molecule has 2 aromatic rings. The van der Waals surface area contributed by atoms with E-state index >= 15 is 0 Å². The molecule has 0 amide bonds. The molecule has 0 aliphatic heterocycles. The zero-order valence-electron chi connectivity index (χ0n) is 10.2. The maximum absolute atomic E-state index is 5.96. The first-order chi connectivity index (χ1) is 8.70. The van der Waals surface area contributed by atoms with Gasteiger partial charge in [-0.05, 0) is 48.2 Å². The third-order valence-corrected chi connectivity index (χ3v) is 3.21. The number of rotatable bonds is 4. The fourth-order valence-corrected chi connectivity index (χ4v) is 2.27. The fourth-order valence-electron chi connectivity index (χ4n) is 2.04. The van der Waals surface area contributed by atoms with E-state index in [4.69, 9.17) is 17.4 Å². The van der Waals surface area contributed by atoms with E-state index in [1.807, 2.05) is 43.5 Å². The summed E-state index contributed by atoms with van der Waals surface area (Å²) in [6.45, 7) is 2.04. The normalized spacial score (nSPS) is 12.4. The van der Waals surface area contributed by atoms with Gasteiger partial charge >= 0.3 is 0 Å². The van der Waals surface area contributed by atoms with E-state index in [1.54, 1.807) is 6.20 Å². The van der Waals surface area contributed by atoms with E-state index < -0.39 is 0 Å². The average molecular weight is 262 g/mol. The topological polar surface area (TPSA) is 50.9 Å². The van der Waals surface area contributed by atoms with E-state index in [0.29, 0.717) is 0 Å². The molecule has 3 nitrogen and oxygen atoms in total. The molecular weight excluding hydrogens is 246 g/mol. The molecule has 0 saturated heterocycles. The Labute approximate surface area is 112 Å². The second-order valence-corrected chi connectivity index (χ2v) is 4.72. The summed E-state index contributed by atoms with van der Waals surface area (Å²) < 4.78 is 0. The Morgan fingerprint density at radius 1 is 1.39 bits per heavy atom. The van der Waals surface area contributed by atoms with Crippen LogP contribution in [0.1, 0.15) is 22.7 Å². The highest BCUT2D eigenvalue weighted by atomic mass is 35.5. The standard InChI is InChI=1S/C14H16ClN3/c1-10-7-12(15)4-5-13(10)14(18-16)8-11-3-2-6-17-9-11/h2-7,9,14,18H,8,16H2,1H3. The fraction of sp³-hybridized carbons (Fsp3) is 0.214. The number of hydrogen-bond acceptors (Lipinski definition) is 3. The van der Waals surface area contributed by atoms with Crippen molar-refractivity contribution >= 4 is 11.6 Å². The van der Waals surface area contributed by atoms with Crippen molar-refractivity contribution in [3.05, 3.63) is 64.4 Å². The van der Waals surface area contributed by atoms with Gasteiger partial charge in [0, 0.05) is 17.4 Å². The molecule has 0 saturated carbocycles. The summed E-state index contributed by atoms with van der Waals surface area (Å²) in [5.74, 6) is 5.66. The van der Waals surface area contributed by atoms with E-state index in [0.717, 1.165) is 28.1 Å². The minimum Gasteiger partial charge on any atom is -0.271 e. The number of aromatic nitrogens is 1. The maximum atomic E-state index is 5.96. The van der Waals surface area contributed by atoms with Gasteiger partial charge in [-0.25, -0.2) is 0 Å². The van der Waals surface area contributed by atoms with Crippen LogP contribution in [0.3, 0.4) is 0 Å². The summed E-state index contributed by atoms with van der Waals surface area (Å²) in [5.41, 5.74) is 6.30. The number of nitrogens with one attached hydrogen (secondary N) is 1. The molecule has 1 atom stereocenters. The molecule has 1 aromatic carbocycles. The predicted molar refractivity (Wildman–Crippen MR) is 74.2 cm³/mol. The summed E-state index contributed by atoms with van der Waals surface area (Å²) in [6.07, 6.45) is 4.42. The second-order valence-electron chi connectivity index (χ2n) is 4.29. The van der Waals surface area contributed by atoms with Crippen molar-refractivity contribution in [2.75, 3.05) is 0 Å². The highest BCUT2D eigenvalue weighted by molar-refractivity contribution is 6.30. The Hall–Kier alpha value is -1.42. The van der Waals surface area contributed by atoms with Crippen LogP contribution in [0, 0.1) is 6.92 Å². The van der Waals surface area contributed by atoms with E-state index in [-0.39, 0.29) is 6.04 Å². The predicted octanol–water partition coefficient (Wildman–Crippen LogP) is 2.79. The number of aryl methyl sites for hydroxylation is 1. The van der Waals surface area contributed by atoms with Gasteiger partial charge in [-0.1, -0.05) is 23.7 Å². The molecule has 0 bridgehead atoms. The lowest BCUT2D eigenvalue weighted by atomic mass is 9.96. The van der Waals surface area contributed by atoms with E-state index in [9.17, 15) is 0 Å². The maximum Gasteiger partial charge on any atom is 0.0503 e. The van der Waals surface area contributed by atoms with Crippen LogP contribution in [0.25, 0.3) is 0 Å². The van der Waals surface area contributed by atoms with Crippen LogP contribution in [0.4, 0.5) is 0 Å². The molecule has 0 aliphatic carbocycles. The third kappa shape index (κ3) is 3.07. The van der Waals surface area contributed by atoms with Gasteiger partial charge in [0.25, 0.3) is 0 Å². The number of pyridine rings is 1. The first-order valence-corrected chi connectivity index (χ1v) is 6.19. The molecule has 3 N–H and O–H groups in total. The van der Waals surface area contributed by atoms with Gasteiger partial charge in [0.2, 0.25) is 0 Å². The average Bonchev–Trinajstić information content (AvgIpc) is 2.38. The van der Waals surface area contributed by atoms with Crippen LogP contribution in [0.2, 0.25) is 5.02 Å². The number of nitrogens with two attached hydrogens (primary N) is 1. The van der Waals surface area contributed by atoms with E-state index in [2.05, 4.69) is 10.4 Å². The monoisotopic (exact) mass is 261 g/mol. The van der Waals surface area contributed by atoms with Crippen LogP contribution in [0.5, 0.6) is 0 Å². The first kappa shape index (κ1) is 13.0. The van der Waals surface area contributed by atoms with Crippen LogP contribution in [0.15, 0.2) is 42.7 Å². The molecule has 0 spiro atoms. The van der Waals surface area contributed by atoms with Gasteiger partial charge in [0.15, 0.2) is 0 Å². The summed E-state index contributed by atoms with van der Waals surface area (Å²) in [7, 11) is 0. The van der Waals surface area contributed by atoms with E-state index in [1.165, 1.54) is 0 Å². The van der Waals surface area contributed by atoms with Crippen molar-refractivity contribution in [1.29, 1.82) is 0 Å². The van der Waals surface area contributed by atoms with Crippen molar-refractivity contribution in [3.63, 3.8) is 0 Å². The molecule has 18 heavy (non-hydrogen) atoms. The summed E-state index contributed by atoms with van der Waals surface area (Å²) in [4.78, 5) is 4.11. The van der Waals surface area contributed by atoms with Crippen molar-refractivity contribution in [1.82, 2.24) is 10.4 Å². The van der Waals surface area contributed by atoms with Gasteiger partial charge in [-0.3, -0.25) is 16.3 Å². The van der Waals surface area contributed by atoms with Gasteiger partial charge in [-0.15, -0.1) is 0 Å². The number of nitrogens with zero attached hydrogens (tertiary/aromatic N) is 1. The molecule has 0 radical (unpaired) electrons. The molecule has 1 heterocycles. The highest BCUT2D eigenvalue weighted by Gasteiger charge is 2.13. The van der Waals surface area contributed by atoms with Crippen molar-refractivity contribution < 1.29 is 0 Å². The third-order valence-electron chi connectivity index (χ3n) is 2.97. The Morgan fingerprint density at radius 3 is 2.83 bits per heavy atom. The number of benzene rings is 1. The molecule has 4 heteroatoms. The minimum absolute atomic E-state index is 0.0615. The van der Waals surface area contributed by atoms with Gasteiger partial charge in [0.05, 0.1) is 6.04 Å². The van der Waals surface area contributed by atoms with Crippen molar-refractivity contribution in [3.8, 4) is 0 Å². The largest absolute Gasteiger partial charge is 0.271 e. The Morgan fingerprint density at radius 2 is 2.22 bits per heavy atom. The molecule has 0 aliphatic rings. The van der Waals surface area contributed by atoms with Crippen LogP contribution in [-0.2, 0) is 6.42 Å². The molecule has 1 unspecified atom stereocenters. The van der Waals surface area contributed by atoms with Gasteiger partial charge in [-0.2, -0.15) is 0 Å². The number of hydrogen-bond donors (Lipinski definition) is 2. The zero-order valence-corrected chi connectivity index (χ0v) is 11.0. The van der Waals surface area contributed by atoms with Crippen LogP contribution < -0.4 is 11.3 Å². The summed E-state index contributed by atoms with van der Waals surface area (Å²) in [6, 6.07) is 9.88. The summed E-state index contributed by atoms with van der Waals surface area (Å²) in [5, 5.41) is 0.744. The van der Waals surface area contributed by atoms with Gasteiger partial charge in [0.1, 0.15) is 0 Å². The van der Waals surface area contributed by atoms with Crippen LogP contribution >= 0.6 is 11.6 Å². The van der Waals surface area contributed by atoms with Crippen LogP contribution in [-0.4, -0.2) is 4.98 Å². The Kier molecular flexibility index (Phi) is 4.31. The molecule has 1 aromatic heterocycles. The number of hydrazine groups is 1. The number of halogens is 1. The highest BCUT2D eigenvalue weighted by Crippen LogP contribution is 2.23. The SMILES string of the molecule is Cc1cc(Cl)ccc1C(Cc1cccnc1)NN. The second kappa shape index (κ2) is 5.96. The molecule has 2 rings (SSSR count). The quantitative estimate of drug-likeness (QED) is 0.657. The zero-order chi connectivity index (χ0) is 13.0.